The standard InChI is InChI=1S/C10H11NO4S/c11-16(14)4-3-15-6-8-2-1-7(10(12)13)5-9(8)16/h1-2,5,11H,3-4,6H2,(H,12,13). The maximum Gasteiger partial charge on any atom is 0.335 e. The summed E-state index contributed by atoms with van der Waals surface area (Å²) in [6.07, 6.45) is 0. The van der Waals surface area contributed by atoms with E-state index < -0.39 is 15.7 Å². The van der Waals surface area contributed by atoms with Crippen molar-refractivity contribution in [1.29, 1.82) is 4.78 Å². The van der Waals surface area contributed by atoms with E-state index in [0.29, 0.717) is 10.5 Å². The molecule has 0 saturated carbocycles. The lowest BCUT2D eigenvalue weighted by Gasteiger charge is -2.08. The van der Waals surface area contributed by atoms with Crippen molar-refractivity contribution in [2.24, 2.45) is 0 Å². The van der Waals surface area contributed by atoms with Gasteiger partial charge in [-0.3, -0.25) is 0 Å². The quantitative estimate of drug-likeness (QED) is 0.776. The molecule has 0 saturated heterocycles. The van der Waals surface area contributed by atoms with Crippen LogP contribution in [0, 0.1) is 4.78 Å². The summed E-state index contributed by atoms with van der Waals surface area (Å²) in [6, 6.07) is 4.32. The highest BCUT2D eigenvalue weighted by molar-refractivity contribution is 7.92. The molecule has 2 rings (SSSR count). The first-order chi connectivity index (χ1) is 7.50. The molecule has 1 aromatic carbocycles. The fraction of sp³-hybridized carbons (Fsp3) is 0.300. The van der Waals surface area contributed by atoms with Crippen LogP contribution in [0.15, 0.2) is 23.1 Å². The molecule has 2 N–H and O–H groups in total. The minimum absolute atomic E-state index is 0.0561. The molecule has 0 radical (unpaired) electrons. The first-order valence-corrected chi connectivity index (χ1v) is 6.44. The predicted molar refractivity (Wildman–Crippen MR) is 57.1 cm³/mol. The van der Waals surface area contributed by atoms with Crippen LogP contribution >= 0.6 is 0 Å². The summed E-state index contributed by atoms with van der Waals surface area (Å²) in [6.45, 7) is 0.546. The number of carboxylic acid groups (broad SMARTS) is 1. The van der Waals surface area contributed by atoms with Gasteiger partial charge in [0, 0.05) is 0 Å². The normalized spacial score (nSPS) is 24.5. The summed E-state index contributed by atoms with van der Waals surface area (Å²) in [5.74, 6) is -0.966. The van der Waals surface area contributed by atoms with Crippen LogP contribution in [0.5, 0.6) is 0 Å². The number of aromatic carboxylic acids is 1. The van der Waals surface area contributed by atoms with Crippen molar-refractivity contribution in [1.82, 2.24) is 0 Å². The molecule has 0 aliphatic carbocycles. The highest BCUT2D eigenvalue weighted by Gasteiger charge is 2.20. The van der Waals surface area contributed by atoms with Crippen LogP contribution in [0.2, 0.25) is 0 Å². The Morgan fingerprint density at radius 3 is 2.94 bits per heavy atom. The van der Waals surface area contributed by atoms with Gasteiger partial charge in [-0.1, -0.05) is 6.07 Å². The number of hydrogen-bond donors (Lipinski definition) is 2. The van der Waals surface area contributed by atoms with E-state index in [1.807, 2.05) is 0 Å². The zero-order valence-corrected chi connectivity index (χ0v) is 9.25. The SMILES string of the molecule is N=S1(=O)CCOCc2ccc(C(=O)O)cc21. The van der Waals surface area contributed by atoms with E-state index in [1.165, 1.54) is 12.1 Å². The van der Waals surface area contributed by atoms with Gasteiger partial charge in [0.25, 0.3) is 0 Å². The molecular weight excluding hydrogens is 230 g/mol. The van der Waals surface area contributed by atoms with Crippen LogP contribution in [0.1, 0.15) is 15.9 Å². The van der Waals surface area contributed by atoms with Gasteiger partial charge in [-0.15, -0.1) is 0 Å². The number of carbonyl (C=O) groups is 1. The van der Waals surface area contributed by atoms with Crippen LogP contribution in [0.4, 0.5) is 0 Å². The van der Waals surface area contributed by atoms with Crippen LogP contribution < -0.4 is 0 Å². The first-order valence-electron chi connectivity index (χ1n) is 4.71. The number of carboxylic acids is 1. The highest BCUT2D eigenvalue weighted by atomic mass is 32.2. The predicted octanol–water partition coefficient (Wildman–Crippen LogP) is 1.32. The van der Waals surface area contributed by atoms with E-state index in [9.17, 15) is 9.00 Å². The second-order valence-electron chi connectivity index (χ2n) is 3.56. The summed E-state index contributed by atoms with van der Waals surface area (Å²) < 4.78 is 25.0. The van der Waals surface area contributed by atoms with Crippen LogP contribution in [-0.2, 0) is 21.1 Å². The molecule has 1 aliphatic rings. The van der Waals surface area contributed by atoms with Crippen LogP contribution in [0.25, 0.3) is 0 Å². The maximum atomic E-state index is 12.0. The lowest BCUT2D eigenvalue weighted by Crippen LogP contribution is -2.08. The molecule has 0 aromatic heterocycles. The summed E-state index contributed by atoms with van der Waals surface area (Å²) in [7, 11) is -2.92. The molecule has 6 heteroatoms. The van der Waals surface area contributed by atoms with Crippen molar-refractivity contribution in [3.8, 4) is 0 Å². The minimum Gasteiger partial charge on any atom is -0.478 e. The molecule has 1 atom stereocenters. The maximum absolute atomic E-state index is 12.0. The molecule has 1 aliphatic heterocycles. The third-order valence-corrected chi connectivity index (χ3v) is 4.27. The molecule has 1 unspecified atom stereocenters. The molecule has 0 bridgehead atoms. The van der Waals surface area contributed by atoms with Gasteiger partial charge in [-0.2, -0.15) is 0 Å². The Bertz CT molecular complexity index is 536. The average molecular weight is 241 g/mol. The number of rotatable bonds is 1. The van der Waals surface area contributed by atoms with E-state index in [4.69, 9.17) is 14.6 Å². The van der Waals surface area contributed by atoms with Gasteiger partial charge >= 0.3 is 5.97 Å². The minimum atomic E-state index is -2.92. The van der Waals surface area contributed by atoms with Gasteiger partial charge < -0.3 is 9.84 Å². The fourth-order valence-electron chi connectivity index (χ4n) is 1.58. The molecule has 1 aromatic rings. The monoisotopic (exact) mass is 241 g/mol. The Morgan fingerprint density at radius 1 is 1.50 bits per heavy atom. The van der Waals surface area contributed by atoms with Crippen molar-refractivity contribution in [3.63, 3.8) is 0 Å². The van der Waals surface area contributed by atoms with E-state index in [1.54, 1.807) is 6.07 Å². The van der Waals surface area contributed by atoms with Gasteiger partial charge in [0.1, 0.15) is 0 Å². The Balaban J connectivity index is 2.62. The molecule has 86 valence electrons. The second-order valence-corrected chi connectivity index (χ2v) is 5.76. The van der Waals surface area contributed by atoms with Gasteiger partial charge in [0.2, 0.25) is 0 Å². The summed E-state index contributed by atoms with van der Waals surface area (Å²) in [5.41, 5.74) is 0.697. The fourth-order valence-corrected chi connectivity index (χ4v) is 3.02. The average Bonchev–Trinajstić information content (AvgIpc) is 2.37. The Morgan fingerprint density at radius 2 is 2.25 bits per heavy atom. The van der Waals surface area contributed by atoms with Gasteiger partial charge in [0.15, 0.2) is 0 Å². The highest BCUT2D eigenvalue weighted by Crippen LogP contribution is 2.23. The van der Waals surface area contributed by atoms with Crippen molar-refractivity contribution >= 4 is 15.7 Å². The Hall–Kier alpha value is -1.40. The molecule has 0 spiro atoms. The molecule has 1 heterocycles. The number of fused-ring (bicyclic) bond motifs is 1. The topological polar surface area (TPSA) is 87.5 Å². The first kappa shape index (κ1) is 11.1. The summed E-state index contributed by atoms with van der Waals surface area (Å²) >= 11 is 0. The summed E-state index contributed by atoms with van der Waals surface area (Å²) in [5, 5.41) is 8.84. The lowest BCUT2D eigenvalue weighted by atomic mass is 10.1. The zero-order chi connectivity index (χ0) is 11.8. The van der Waals surface area contributed by atoms with Gasteiger partial charge in [0.05, 0.1) is 39.2 Å². The smallest absolute Gasteiger partial charge is 0.335 e. The summed E-state index contributed by atoms with van der Waals surface area (Å²) in [4.78, 5) is 11.1. The molecule has 0 amide bonds. The molecule has 0 fully saturated rings. The van der Waals surface area contributed by atoms with Crippen molar-refractivity contribution in [3.05, 3.63) is 29.3 Å². The van der Waals surface area contributed by atoms with Gasteiger partial charge in [-0.05, 0) is 17.7 Å². The van der Waals surface area contributed by atoms with E-state index >= 15 is 0 Å². The molecule has 16 heavy (non-hydrogen) atoms. The Kier molecular flexibility index (Phi) is 2.69. The number of ether oxygens (including phenoxy) is 1. The number of nitrogens with one attached hydrogen (secondary N) is 1. The van der Waals surface area contributed by atoms with Crippen molar-refractivity contribution in [2.75, 3.05) is 12.4 Å². The zero-order valence-electron chi connectivity index (χ0n) is 8.43. The van der Waals surface area contributed by atoms with Crippen molar-refractivity contribution < 1.29 is 18.8 Å². The second kappa shape index (κ2) is 3.88. The van der Waals surface area contributed by atoms with E-state index in [0.717, 1.165) is 0 Å². The van der Waals surface area contributed by atoms with E-state index in [2.05, 4.69) is 0 Å². The number of hydrogen-bond acceptors (Lipinski definition) is 4. The molecule has 5 nitrogen and oxygen atoms in total. The number of benzene rings is 1. The Labute approximate surface area is 93.0 Å². The van der Waals surface area contributed by atoms with Crippen molar-refractivity contribution in [2.45, 2.75) is 11.5 Å². The van der Waals surface area contributed by atoms with Crippen LogP contribution in [-0.4, -0.2) is 27.6 Å². The third kappa shape index (κ3) is 1.94. The van der Waals surface area contributed by atoms with Gasteiger partial charge in [-0.25, -0.2) is 13.8 Å². The van der Waals surface area contributed by atoms with E-state index in [-0.39, 0.29) is 24.5 Å². The molecular formula is C10H11NO4S. The van der Waals surface area contributed by atoms with Crippen LogP contribution in [0.3, 0.4) is 0 Å². The lowest BCUT2D eigenvalue weighted by molar-refractivity contribution is 0.0696. The third-order valence-electron chi connectivity index (χ3n) is 2.44. The largest absolute Gasteiger partial charge is 0.478 e.